The van der Waals surface area contributed by atoms with Crippen molar-refractivity contribution in [3.8, 4) is 0 Å². The normalized spacial score (nSPS) is 36.8. The van der Waals surface area contributed by atoms with E-state index in [0.29, 0.717) is 30.6 Å². The monoisotopic (exact) mass is 501 g/mol. The summed E-state index contributed by atoms with van der Waals surface area (Å²) in [6.07, 6.45) is 9.70. The van der Waals surface area contributed by atoms with Gasteiger partial charge in [0.05, 0.1) is 0 Å². The van der Waals surface area contributed by atoms with Crippen LogP contribution in [0.4, 0.5) is 0 Å². The minimum absolute atomic E-state index is 0.0899. The number of nitrogens with two attached hydrogens (primary N) is 1. The third-order valence-corrected chi connectivity index (χ3v) is 12.4. The van der Waals surface area contributed by atoms with Crippen molar-refractivity contribution in [2.45, 2.75) is 144 Å². The summed E-state index contributed by atoms with van der Waals surface area (Å²) in [6, 6.07) is 0.128. The second-order valence-electron chi connectivity index (χ2n) is 15.4. The fraction of sp³-hybridized carbons (Fsp3) is 0.935. The van der Waals surface area contributed by atoms with E-state index in [2.05, 4.69) is 72.1 Å². The van der Waals surface area contributed by atoms with Gasteiger partial charge in [0, 0.05) is 43.1 Å². The van der Waals surface area contributed by atoms with Crippen LogP contribution in [0.25, 0.3) is 0 Å². The Labute approximate surface area is 221 Å². The van der Waals surface area contributed by atoms with Crippen LogP contribution in [-0.4, -0.2) is 51.8 Å². The molecule has 36 heavy (non-hydrogen) atoms. The predicted molar refractivity (Wildman–Crippen MR) is 147 cm³/mol. The lowest BCUT2D eigenvalue weighted by molar-refractivity contribution is -0.141. The van der Waals surface area contributed by atoms with E-state index in [-0.39, 0.29) is 38.8 Å². The van der Waals surface area contributed by atoms with Gasteiger partial charge in [0.25, 0.3) is 0 Å². The summed E-state index contributed by atoms with van der Waals surface area (Å²) in [5.74, 6) is 0.989. The van der Waals surface area contributed by atoms with Gasteiger partial charge < -0.3 is 15.5 Å². The van der Waals surface area contributed by atoms with Crippen LogP contribution < -0.4 is 5.73 Å². The molecule has 0 bridgehead atoms. The zero-order valence-corrected chi connectivity index (χ0v) is 24.9. The van der Waals surface area contributed by atoms with Gasteiger partial charge in [0.15, 0.2) is 0 Å². The Morgan fingerprint density at radius 1 is 0.944 bits per heavy atom. The van der Waals surface area contributed by atoms with Gasteiger partial charge in [-0.2, -0.15) is 0 Å². The smallest absolute Gasteiger partial charge is 0.223 e. The standard InChI is InChI=1S/C31H55N3O2/c1-10-26(2,3)30(9)21-31(30,34-18-14-16-24(34)36)20-27(4,5)28(6,7)25(22-19-29(22,8)32)33-17-13-11-12-15-23(33)35/h22,25H,10-21,32H2,1-9H3. The summed E-state index contributed by atoms with van der Waals surface area (Å²) in [5.41, 5.74) is 6.43. The third-order valence-electron chi connectivity index (χ3n) is 12.4. The summed E-state index contributed by atoms with van der Waals surface area (Å²) in [4.78, 5) is 31.2. The molecule has 2 saturated carbocycles. The van der Waals surface area contributed by atoms with Gasteiger partial charge in [-0.05, 0) is 73.0 Å². The Hall–Kier alpha value is -1.10. The van der Waals surface area contributed by atoms with Crippen LogP contribution in [0.15, 0.2) is 0 Å². The average molecular weight is 502 g/mol. The Morgan fingerprint density at radius 2 is 1.56 bits per heavy atom. The first-order valence-electron chi connectivity index (χ1n) is 14.9. The highest BCUT2D eigenvalue weighted by Crippen LogP contribution is 2.74. The summed E-state index contributed by atoms with van der Waals surface area (Å²) in [6.45, 7) is 23.1. The maximum Gasteiger partial charge on any atom is 0.223 e. The molecule has 5 heteroatoms. The molecule has 2 aliphatic carbocycles. The Balaban J connectivity index is 1.72. The van der Waals surface area contributed by atoms with E-state index in [1.807, 2.05) is 0 Å². The number of likely N-dealkylation sites (tertiary alicyclic amines) is 2. The molecule has 0 radical (unpaired) electrons. The molecular formula is C31H55N3O2. The van der Waals surface area contributed by atoms with E-state index in [1.165, 1.54) is 0 Å². The van der Waals surface area contributed by atoms with Crippen molar-refractivity contribution in [3.05, 3.63) is 0 Å². The lowest BCUT2D eigenvalue weighted by atomic mass is 9.57. The van der Waals surface area contributed by atoms with Crippen LogP contribution >= 0.6 is 0 Å². The number of hydrogen-bond acceptors (Lipinski definition) is 3. The van der Waals surface area contributed by atoms with Crippen molar-refractivity contribution < 1.29 is 9.59 Å². The third kappa shape index (κ3) is 4.14. The van der Waals surface area contributed by atoms with Crippen molar-refractivity contribution in [2.24, 2.45) is 33.3 Å². The average Bonchev–Trinajstić information content (AvgIpc) is 3.54. The van der Waals surface area contributed by atoms with Gasteiger partial charge in [-0.3, -0.25) is 9.59 Å². The van der Waals surface area contributed by atoms with E-state index >= 15 is 0 Å². The van der Waals surface area contributed by atoms with Crippen molar-refractivity contribution in [1.29, 1.82) is 0 Å². The van der Waals surface area contributed by atoms with E-state index in [4.69, 9.17) is 5.73 Å². The summed E-state index contributed by atoms with van der Waals surface area (Å²) < 4.78 is 0. The molecular weight excluding hydrogens is 446 g/mol. The number of rotatable bonds is 9. The van der Waals surface area contributed by atoms with Crippen LogP contribution in [0, 0.1) is 27.6 Å². The molecule has 2 amide bonds. The number of nitrogens with zero attached hydrogens (tertiary/aromatic N) is 2. The van der Waals surface area contributed by atoms with Crippen LogP contribution in [0.5, 0.6) is 0 Å². The van der Waals surface area contributed by atoms with Crippen LogP contribution in [0.2, 0.25) is 0 Å². The Morgan fingerprint density at radius 3 is 2.08 bits per heavy atom. The SMILES string of the molecule is CCC(C)(C)C1(C)CC1(CC(C)(C)C(C)(C)C(C1CC1(C)N)N1CCCCCC1=O)N1CCCC1=O. The van der Waals surface area contributed by atoms with Crippen molar-refractivity contribution in [3.63, 3.8) is 0 Å². The minimum Gasteiger partial charge on any atom is -0.339 e. The summed E-state index contributed by atoms with van der Waals surface area (Å²) in [5, 5.41) is 0. The van der Waals surface area contributed by atoms with Gasteiger partial charge in [0.2, 0.25) is 11.8 Å². The molecule has 0 aromatic carbocycles. The van der Waals surface area contributed by atoms with Gasteiger partial charge >= 0.3 is 0 Å². The van der Waals surface area contributed by atoms with Crippen molar-refractivity contribution >= 4 is 11.8 Å². The molecule has 0 aromatic rings. The second-order valence-corrected chi connectivity index (χ2v) is 15.4. The van der Waals surface area contributed by atoms with E-state index in [9.17, 15) is 9.59 Å². The second kappa shape index (κ2) is 8.71. The first-order chi connectivity index (χ1) is 16.5. The molecule has 2 heterocycles. The van der Waals surface area contributed by atoms with Crippen LogP contribution in [0.1, 0.15) is 127 Å². The molecule has 2 N–H and O–H groups in total. The number of hydrogen-bond donors (Lipinski definition) is 1. The fourth-order valence-electron chi connectivity index (χ4n) is 8.30. The highest BCUT2D eigenvalue weighted by Gasteiger charge is 2.75. The molecule has 0 spiro atoms. The molecule has 4 aliphatic rings. The fourth-order valence-corrected chi connectivity index (χ4v) is 8.30. The molecule has 5 atom stereocenters. The van der Waals surface area contributed by atoms with Crippen LogP contribution in [0.3, 0.4) is 0 Å². The van der Waals surface area contributed by atoms with Gasteiger partial charge in [-0.25, -0.2) is 0 Å². The Kier molecular flexibility index (Phi) is 6.76. The zero-order valence-electron chi connectivity index (χ0n) is 24.9. The Bertz CT molecular complexity index is 890. The highest BCUT2D eigenvalue weighted by molar-refractivity contribution is 5.80. The van der Waals surface area contributed by atoms with Crippen molar-refractivity contribution in [2.75, 3.05) is 13.1 Å². The largest absolute Gasteiger partial charge is 0.339 e. The molecule has 5 nitrogen and oxygen atoms in total. The van der Waals surface area contributed by atoms with Crippen LogP contribution in [-0.2, 0) is 9.59 Å². The lowest BCUT2D eigenvalue weighted by Crippen LogP contribution is -2.58. The topological polar surface area (TPSA) is 66.6 Å². The highest BCUT2D eigenvalue weighted by atomic mass is 16.2. The first kappa shape index (κ1) is 27.9. The molecule has 2 saturated heterocycles. The molecule has 0 aromatic heterocycles. The molecule has 4 rings (SSSR count). The van der Waals surface area contributed by atoms with E-state index in [1.54, 1.807) is 0 Å². The van der Waals surface area contributed by atoms with E-state index < -0.39 is 0 Å². The quantitative estimate of drug-likeness (QED) is 0.412. The predicted octanol–water partition coefficient (Wildman–Crippen LogP) is 6.14. The first-order valence-corrected chi connectivity index (χ1v) is 14.9. The van der Waals surface area contributed by atoms with Crippen molar-refractivity contribution in [1.82, 2.24) is 9.80 Å². The molecule has 2 aliphatic heterocycles. The zero-order chi connectivity index (χ0) is 26.9. The number of amides is 2. The van der Waals surface area contributed by atoms with Gasteiger partial charge in [-0.15, -0.1) is 0 Å². The lowest BCUT2D eigenvalue weighted by Gasteiger charge is -2.54. The number of carbonyl (C=O) groups is 2. The minimum atomic E-state index is -0.203. The van der Waals surface area contributed by atoms with Gasteiger partial charge in [-0.1, -0.05) is 68.2 Å². The summed E-state index contributed by atoms with van der Waals surface area (Å²) in [7, 11) is 0. The van der Waals surface area contributed by atoms with Gasteiger partial charge in [0.1, 0.15) is 0 Å². The molecule has 5 unspecified atom stereocenters. The maximum atomic E-state index is 13.4. The number of carbonyl (C=O) groups excluding carboxylic acids is 2. The molecule has 206 valence electrons. The maximum absolute atomic E-state index is 13.4. The summed E-state index contributed by atoms with van der Waals surface area (Å²) >= 11 is 0. The molecule has 4 fully saturated rings. The van der Waals surface area contributed by atoms with E-state index in [0.717, 1.165) is 64.5 Å².